The molecule has 1 atom stereocenters. The highest BCUT2D eigenvalue weighted by Gasteiger charge is 2.29. The van der Waals surface area contributed by atoms with E-state index in [2.05, 4.69) is 17.2 Å². The third kappa shape index (κ3) is 4.47. The van der Waals surface area contributed by atoms with Crippen LogP contribution in [0.25, 0.3) is 0 Å². The van der Waals surface area contributed by atoms with Crippen LogP contribution in [0, 0.1) is 23.5 Å². The summed E-state index contributed by atoms with van der Waals surface area (Å²) in [6.07, 6.45) is 1.59. The number of benzene rings is 1. The van der Waals surface area contributed by atoms with Gasteiger partial charge in [0.05, 0.1) is 16.6 Å². The van der Waals surface area contributed by atoms with Crippen LogP contribution in [-0.4, -0.2) is 31.1 Å². The van der Waals surface area contributed by atoms with E-state index >= 15 is 0 Å². The first kappa shape index (κ1) is 19.8. The van der Waals surface area contributed by atoms with E-state index in [1.165, 1.54) is 4.90 Å². The molecule has 0 radical (unpaired) electrons. The molecule has 0 aliphatic carbocycles. The van der Waals surface area contributed by atoms with Crippen molar-refractivity contribution >= 4 is 29.0 Å². The second-order valence-electron chi connectivity index (χ2n) is 6.31. The minimum absolute atomic E-state index is 0.149. The summed E-state index contributed by atoms with van der Waals surface area (Å²) < 4.78 is 26.6. The maximum atomic E-state index is 13.3. The molecule has 1 saturated heterocycles. The van der Waals surface area contributed by atoms with E-state index < -0.39 is 23.6 Å². The molecule has 5 N–H and O–H groups in total. The Labute approximate surface area is 164 Å². The van der Waals surface area contributed by atoms with Gasteiger partial charge in [-0.1, -0.05) is 11.8 Å². The number of hydrogen-bond acceptors (Lipinski definition) is 4. The smallest absolute Gasteiger partial charge is 0.319 e. The van der Waals surface area contributed by atoms with Crippen LogP contribution < -0.4 is 21.7 Å². The molecule has 146 valence electrons. The number of carbonyl (C=O) groups is 2. The van der Waals surface area contributed by atoms with Crippen LogP contribution in [-0.2, 0) is 0 Å². The number of nitrogens with zero attached hydrogens (tertiary/aromatic N) is 1. The summed E-state index contributed by atoms with van der Waals surface area (Å²) in [5.41, 5.74) is 11.5. The summed E-state index contributed by atoms with van der Waals surface area (Å²) in [7, 11) is 0. The first-order valence-electron chi connectivity index (χ1n) is 8.56. The van der Waals surface area contributed by atoms with Gasteiger partial charge < -0.3 is 16.8 Å². The normalized spacial score (nSPS) is 16.1. The van der Waals surface area contributed by atoms with Gasteiger partial charge in [0.15, 0.2) is 0 Å². The van der Waals surface area contributed by atoms with Crippen molar-refractivity contribution in [3.8, 4) is 11.8 Å². The summed E-state index contributed by atoms with van der Waals surface area (Å²) in [5.74, 6) is 3.23. The van der Waals surface area contributed by atoms with Gasteiger partial charge in [-0.05, 0) is 37.6 Å². The van der Waals surface area contributed by atoms with Crippen molar-refractivity contribution in [1.29, 1.82) is 0 Å². The lowest BCUT2D eigenvalue weighted by Crippen LogP contribution is -2.51. The van der Waals surface area contributed by atoms with Gasteiger partial charge in [0.2, 0.25) is 0 Å². The van der Waals surface area contributed by atoms with E-state index in [9.17, 15) is 18.4 Å². The second-order valence-corrected chi connectivity index (χ2v) is 7.36. The van der Waals surface area contributed by atoms with Crippen LogP contribution in [0.4, 0.5) is 19.3 Å². The molecule has 0 spiro atoms. The lowest BCUT2D eigenvalue weighted by molar-refractivity contribution is 0.100. The Morgan fingerprint density at radius 3 is 2.43 bits per heavy atom. The quantitative estimate of drug-likeness (QED) is 0.684. The highest BCUT2D eigenvalue weighted by molar-refractivity contribution is 7.15. The largest absolute Gasteiger partial charge is 0.365 e. The molecule has 3 rings (SSSR count). The lowest BCUT2D eigenvalue weighted by atomic mass is 10.1. The number of urea groups is 1. The van der Waals surface area contributed by atoms with Crippen LogP contribution in [0.2, 0.25) is 0 Å². The molecular weight excluding hydrogens is 386 g/mol. The Balaban J connectivity index is 1.98. The van der Waals surface area contributed by atoms with Crippen molar-refractivity contribution in [2.75, 3.05) is 18.0 Å². The summed E-state index contributed by atoms with van der Waals surface area (Å²) in [5, 5.41) is 3.19. The minimum atomic E-state index is -0.737. The standard InChI is InChI=1S/C19H18F2N4O2S/c20-12-6-11(7-13(21)8-12)3-4-15-9-16(17(28-15)18(22)26)25(19(23)27)14-2-1-5-24-10-14/h6-9,14,24H,1-2,5,10H2,(H2,22,26)(H2,23,27)/t14-/m0/s1. The number of piperidine rings is 1. The molecule has 1 aliphatic rings. The maximum absolute atomic E-state index is 13.3. The number of rotatable bonds is 3. The number of hydrogen-bond donors (Lipinski definition) is 3. The number of amides is 3. The van der Waals surface area contributed by atoms with Gasteiger partial charge in [-0.25, -0.2) is 13.6 Å². The van der Waals surface area contributed by atoms with Crippen LogP contribution in [0.3, 0.4) is 0 Å². The molecule has 3 amide bonds. The van der Waals surface area contributed by atoms with Crippen molar-refractivity contribution in [2.45, 2.75) is 18.9 Å². The van der Waals surface area contributed by atoms with Gasteiger partial charge in [0.25, 0.3) is 5.91 Å². The first-order valence-corrected chi connectivity index (χ1v) is 9.38. The average Bonchev–Trinajstić information content (AvgIpc) is 3.04. The SMILES string of the molecule is NC(=O)c1sc(C#Cc2cc(F)cc(F)c2)cc1N(C(N)=O)[C@H]1CCCNC1. The molecule has 0 saturated carbocycles. The number of nitrogens with one attached hydrogen (secondary N) is 1. The van der Waals surface area contributed by atoms with Gasteiger partial charge in [-0.2, -0.15) is 0 Å². The first-order chi connectivity index (χ1) is 13.3. The number of nitrogens with two attached hydrogens (primary N) is 2. The van der Waals surface area contributed by atoms with E-state index in [4.69, 9.17) is 11.5 Å². The van der Waals surface area contributed by atoms with Crippen molar-refractivity contribution in [3.63, 3.8) is 0 Å². The molecule has 9 heteroatoms. The number of halogens is 2. The molecule has 2 heterocycles. The zero-order valence-corrected chi connectivity index (χ0v) is 15.6. The van der Waals surface area contributed by atoms with Crippen molar-refractivity contribution in [2.24, 2.45) is 11.5 Å². The third-order valence-electron chi connectivity index (χ3n) is 4.26. The Hall–Kier alpha value is -2.96. The zero-order valence-electron chi connectivity index (χ0n) is 14.8. The summed E-state index contributed by atoms with van der Waals surface area (Å²) in [6.45, 7) is 1.39. The highest BCUT2D eigenvalue weighted by atomic mass is 32.1. The number of anilines is 1. The number of primary amides is 2. The Kier molecular flexibility index (Phi) is 5.92. The van der Waals surface area contributed by atoms with Crippen LogP contribution in [0.1, 0.15) is 33.0 Å². The summed E-state index contributed by atoms with van der Waals surface area (Å²) in [6, 6.07) is 3.60. The molecular formula is C19H18F2N4O2S. The monoisotopic (exact) mass is 404 g/mol. The summed E-state index contributed by atoms with van der Waals surface area (Å²) >= 11 is 0.999. The van der Waals surface area contributed by atoms with Crippen molar-refractivity contribution < 1.29 is 18.4 Å². The van der Waals surface area contributed by atoms with Crippen LogP contribution >= 0.6 is 11.3 Å². The summed E-state index contributed by atoms with van der Waals surface area (Å²) in [4.78, 5) is 25.9. The molecule has 0 unspecified atom stereocenters. The second kappa shape index (κ2) is 8.37. The number of thiophene rings is 1. The maximum Gasteiger partial charge on any atom is 0.319 e. The molecule has 1 aromatic heterocycles. The molecule has 1 aromatic carbocycles. The molecule has 2 aromatic rings. The topological polar surface area (TPSA) is 101 Å². The average molecular weight is 404 g/mol. The predicted molar refractivity (Wildman–Crippen MR) is 103 cm³/mol. The minimum Gasteiger partial charge on any atom is -0.365 e. The van der Waals surface area contributed by atoms with E-state index in [1.807, 2.05) is 0 Å². The third-order valence-corrected chi connectivity index (χ3v) is 5.32. The fraction of sp³-hybridized carbons (Fsp3) is 0.263. The fourth-order valence-corrected chi connectivity index (χ4v) is 3.96. The van der Waals surface area contributed by atoms with Gasteiger partial charge in [0.1, 0.15) is 16.5 Å². The van der Waals surface area contributed by atoms with Gasteiger partial charge in [-0.15, -0.1) is 11.3 Å². The van der Waals surface area contributed by atoms with E-state index in [0.717, 1.165) is 48.9 Å². The lowest BCUT2D eigenvalue weighted by Gasteiger charge is -2.33. The van der Waals surface area contributed by atoms with Crippen LogP contribution in [0.15, 0.2) is 24.3 Å². The Bertz CT molecular complexity index is 954. The predicted octanol–water partition coefficient (Wildman–Crippen LogP) is 2.16. The molecule has 28 heavy (non-hydrogen) atoms. The van der Waals surface area contributed by atoms with Crippen molar-refractivity contribution in [3.05, 3.63) is 51.2 Å². The fourth-order valence-electron chi connectivity index (χ4n) is 3.11. The van der Waals surface area contributed by atoms with Crippen molar-refractivity contribution in [1.82, 2.24) is 5.32 Å². The molecule has 1 fully saturated rings. The zero-order chi connectivity index (χ0) is 20.3. The number of carbonyl (C=O) groups excluding carboxylic acids is 2. The van der Waals surface area contributed by atoms with E-state index in [1.54, 1.807) is 6.07 Å². The Morgan fingerprint density at radius 1 is 1.14 bits per heavy atom. The van der Waals surface area contributed by atoms with Gasteiger partial charge >= 0.3 is 6.03 Å². The van der Waals surface area contributed by atoms with Gasteiger partial charge in [0, 0.05) is 18.2 Å². The van der Waals surface area contributed by atoms with Crippen LogP contribution in [0.5, 0.6) is 0 Å². The van der Waals surface area contributed by atoms with Gasteiger partial charge in [-0.3, -0.25) is 9.69 Å². The molecule has 1 aliphatic heterocycles. The van der Waals surface area contributed by atoms with E-state index in [-0.39, 0.29) is 16.5 Å². The van der Waals surface area contributed by atoms with E-state index in [0.29, 0.717) is 17.1 Å². The highest BCUT2D eigenvalue weighted by Crippen LogP contribution is 2.32. The Morgan fingerprint density at radius 2 is 1.86 bits per heavy atom. The molecule has 6 nitrogen and oxygen atoms in total. The molecule has 0 bridgehead atoms.